The van der Waals surface area contributed by atoms with Crippen molar-refractivity contribution >= 4 is 36.8 Å². The molecule has 0 saturated heterocycles. The monoisotopic (exact) mass is 772 g/mol. The number of aliphatic hydroxyl groups excluding tert-OH is 1. The summed E-state index contributed by atoms with van der Waals surface area (Å²) in [6, 6.07) is 3.42. The number of unbranched alkanes of at least 4 members (excludes halogenated alkanes) is 6. The van der Waals surface area contributed by atoms with E-state index in [-0.39, 0.29) is 3.59 Å². The summed E-state index contributed by atoms with van der Waals surface area (Å²) < 4.78 is 58.9. The standard InChI is InChI=1S/C8H5F3O2.6C4H9.2Sn/c9-8(10,11)4-3-6(12)7-2-1-5-13-7;6*1-3-4-2;;/h1-2,5-6,12H;6*1,3-4H2,2H3;;. The van der Waals surface area contributed by atoms with Crippen LogP contribution in [0.15, 0.2) is 30.0 Å². The molecule has 228 valence electrons. The molecule has 0 aliphatic rings. The predicted octanol–water partition coefficient (Wildman–Crippen LogP) is 11.9. The maximum atomic E-state index is 15.9. The van der Waals surface area contributed by atoms with Gasteiger partial charge in [0.25, 0.3) is 0 Å². The average Bonchev–Trinajstić information content (AvgIpc) is 3.46. The maximum absolute atomic E-state index is 15.9. The Balaban J connectivity index is 4.31. The van der Waals surface area contributed by atoms with Crippen LogP contribution in [0.4, 0.5) is 13.2 Å². The molecule has 0 bridgehead atoms. The van der Waals surface area contributed by atoms with E-state index in [2.05, 4.69) is 41.5 Å². The zero-order valence-electron chi connectivity index (χ0n) is 26.0. The van der Waals surface area contributed by atoms with E-state index >= 15 is 13.2 Å². The van der Waals surface area contributed by atoms with Crippen molar-refractivity contribution in [2.24, 2.45) is 0 Å². The van der Waals surface area contributed by atoms with Crippen molar-refractivity contribution in [1.82, 2.24) is 0 Å². The van der Waals surface area contributed by atoms with Crippen LogP contribution in [0, 0.1) is 0 Å². The summed E-state index contributed by atoms with van der Waals surface area (Å²) >= 11 is -7.78. The van der Waals surface area contributed by atoms with E-state index < -0.39 is 49.0 Å². The summed E-state index contributed by atoms with van der Waals surface area (Å²) in [4.78, 5) is 0. The van der Waals surface area contributed by atoms with Gasteiger partial charge in [0.1, 0.15) is 0 Å². The van der Waals surface area contributed by atoms with Crippen LogP contribution in [-0.4, -0.2) is 48.0 Å². The molecule has 0 aliphatic carbocycles. The fraction of sp³-hybridized carbons (Fsp3) is 0.812. The molecule has 1 atom stereocenters. The molecule has 1 N–H and O–H groups in total. The van der Waals surface area contributed by atoms with Gasteiger partial charge in [0.2, 0.25) is 0 Å². The van der Waals surface area contributed by atoms with Crippen LogP contribution in [0.25, 0.3) is 0 Å². The van der Waals surface area contributed by atoms with Gasteiger partial charge < -0.3 is 0 Å². The Labute approximate surface area is 246 Å². The van der Waals surface area contributed by atoms with Crippen LogP contribution in [0.2, 0.25) is 26.6 Å². The Bertz CT molecular complexity index is 746. The summed E-state index contributed by atoms with van der Waals surface area (Å²) in [6.45, 7) is 12.8. The number of halogens is 3. The molecule has 1 unspecified atom stereocenters. The van der Waals surface area contributed by atoms with Gasteiger partial charge in [0, 0.05) is 0 Å². The Morgan fingerprint density at radius 1 is 0.692 bits per heavy atom. The third-order valence-electron chi connectivity index (χ3n) is 8.79. The van der Waals surface area contributed by atoms with Crippen LogP contribution in [0.3, 0.4) is 0 Å². The van der Waals surface area contributed by atoms with E-state index in [1.165, 1.54) is 6.26 Å². The van der Waals surface area contributed by atoms with E-state index in [0.29, 0.717) is 9.35 Å². The first-order chi connectivity index (χ1) is 18.6. The molecule has 0 spiro atoms. The van der Waals surface area contributed by atoms with E-state index in [0.717, 1.165) is 104 Å². The van der Waals surface area contributed by atoms with Crippen molar-refractivity contribution in [2.45, 2.75) is 157 Å². The third kappa shape index (κ3) is 11.2. The molecule has 2 nitrogen and oxygen atoms in total. The molecule has 0 aromatic carbocycles. The number of alkyl halides is 3. The third-order valence-corrected chi connectivity index (χ3v) is 42.6. The first-order valence-electron chi connectivity index (χ1n) is 16.2. The van der Waals surface area contributed by atoms with Crippen molar-refractivity contribution < 1.29 is 22.7 Å². The molecule has 0 aliphatic heterocycles. The van der Waals surface area contributed by atoms with E-state index in [9.17, 15) is 5.11 Å². The molecule has 39 heavy (non-hydrogen) atoms. The topological polar surface area (TPSA) is 33.4 Å². The average molecular weight is 770 g/mol. The molecule has 1 rings (SSSR count). The summed E-state index contributed by atoms with van der Waals surface area (Å²) in [5, 5.41) is 12.1. The second kappa shape index (κ2) is 19.5. The SMILES string of the molecule is CCC[CH2][Sn]([CH2]CCC)([CH2]CCC)/[C](=[C](/C(F)(F)F)[Sn]([CH2]CCC)([CH2]CCC)[CH2]CCC)C(O)c1ccco1. The molecule has 0 amide bonds. The van der Waals surface area contributed by atoms with Crippen molar-refractivity contribution in [3.05, 3.63) is 31.3 Å². The van der Waals surface area contributed by atoms with Crippen molar-refractivity contribution in [2.75, 3.05) is 0 Å². The summed E-state index contributed by atoms with van der Waals surface area (Å²) in [7, 11) is 0. The molecular formula is C32H59F3O2Sn2. The van der Waals surface area contributed by atoms with E-state index in [4.69, 9.17) is 4.42 Å². The zero-order chi connectivity index (χ0) is 29.4. The summed E-state index contributed by atoms with van der Waals surface area (Å²) in [6.07, 6.45) is 7.09. The number of aliphatic hydroxyl groups is 1. The number of hydrogen-bond donors (Lipinski definition) is 1. The molecule has 1 heterocycles. The van der Waals surface area contributed by atoms with Crippen molar-refractivity contribution in [3.8, 4) is 0 Å². The minimum atomic E-state index is -4.39. The number of furan rings is 1. The second-order valence-corrected chi connectivity index (χ2v) is 38.0. The van der Waals surface area contributed by atoms with Gasteiger partial charge in [-0.15, -0.1) is 0 Å². The van der Waals surface area contributed by atoms with Crippen molar-refractivity contribution in [3.63, 3.8) is 0 Å². The molecule has 1 aromatic heterocycles. The van der Waals surface area contributed by atoms with Gasteiger partial charge in [-0.1, -0.05) is 0 Å². The molecule has 1 aromatic rings. The fourth-order valence-corrected chi connectivity index (χ4v) is 50.9. The predicted molar refractivity (Wildman–Crippen MR) is 167 cm³/mol. The van der Waals surface area contributed by atoms with Crippen molar-refractivity contribution in [1.29, 1.82) is 0 Å². The molecular weight excluding hydrogens is 711 g/mol. The first kappa shape index (κ1) is 37.4. The molecule has 0 radical (unpaired) electrons. The normalized spacial score (nSPS) is 14.5. The molecule has 0 saturated carbocycles. The zero-order valence-corrected chi connectivity index (χ0v) is 31.7. The fourth-order valence-electron chi connectivity index (χ4n) is 6.64. The van der Waals surface area contributed by atoms with Gasteiger partial charge in [0.05, 0.1) is 0 Å². The number of hydrogen-bond acceptors (Lipinski definition) is 2. The van der Waals surface area contributed by atoms with Gasteiger partial charge in [-0.05, 0) is 0 Å². The number of rotatable bonds is 22. The van der Waals surface area contributed by atoms with Crippen LogP contribution >= 0.6 is 0 Å². The van der Waals surface area contributed by atoms with Gasteiger partial charge in [0.15, 0.2) is 0 Å². The van der Waals surface area contributed by atoms with Crippen LogP contribution in [-0.2, 0) is 0 Å². The van der Waals surface area contributed by atoms with Gasteiger partial charge in [-0.3, -0.25) is 0 Å². The molecule has 0 fully saturated rings. The van der Waals surface area contributed by atoms with Gasteiger partial charge >= 0.3 is 248 Å². The van der Waals surface area contributed by atoms with E-state index in [1.807, 2.05) is 0 Å². The minimum absolute atomic E-state index is 0.102. The van der Waals surface area contributed by atoms with Crippen LogP contribution in [0.5, 0.6) is 0 Å². The van der Waals surface area contributed by atoms with Crippen LogP contribution < -0.4 is 0 Å². The second-order valence-electron chi connectivity index (χ2n) is 11.9. The van der Waals surface area contributed by atoms with Gasteiger partial charge in [-0.25, -0.2) is 0 Å². The first-order valence-corrected chi connectivity index (χ1v) is 31.1. The quantitative estimate of drug-likeness (QED) is 0.119. The molecule has 7 heteroatoms. The Hall–Kier alpha value is 0.367. The Kier molecular flexibility index (Phi) is 18.7. The van der Waals surface area contributed by atoms with Gasteiger partial charge in [-0.2, -0.15) is 0 Å². The van der Waals surface area contributed by atoms with Crippen LogP contribution in [0.1, 0.15) is 130 Å². The summed E-state index contributed by atoms with van der Waals surface area (Å²) in [5.74, 6) is 0.319. The Morgan fingerprint density at radius 3 is 1.33 bits per heavy atom. The number of allylic oxidation sites excluding steroid dienone is 1. The van der Waals surface area contributed by atoms with E-state index in [1.54, 1.807) is 12.1 Å². The summed E-state index contributed by atoms with van der Waals surface area (Å²) in [5.41, 5.74) is 0. The Morgan fingerprint density at radius 2 is 1.05 bits per heavy atom.